The third-order valence-electron chi connectivity index (χ3n) is 4.29. The Morgan fingerprint density at radius 1 is 1.14 bits per heavy atom. The lowest BCUT2D eigenvalue weighted by molar-refractivity contribution is 0.627. The molecule has 0 radical (unpaired) electrons. The molecule has 0 fully saturated rings. The summed E-state index contributed by atoms with van der Waals surface area (Å²) >= 11 is 0. The van der Waals surface area contributed by atoms with Crippen molar-refractivity contribution in [3.63, 3.8) is 0 Å². The number of rotatable bonds is 8. The van der Waals surface area contributed by atoms with Gasteiger partial charge in [-0.25, -0.2) is 9.07 Å². The molecule has 2 heterocycles. The van der Waals surface area contributed by atoms with Crippen molar-refractivity contribution in [1.29, 1.82) is 0 Å². The Bertz CT molecular complexity index is 903. The first-order chi connectivity index (χ1) is 13.7. The van der Waals surface area contributed by atoms with Gasteiger partial charge in [0.1, 0.15) is 18.0 Å². The first-order valence-corrected chi connectivity index (χ1v) is 9.31. The fourth-order valence-electron chi connectivity index (χ4n) is 2.80. The van der Waals surface area contributed by atoms with Gasteiger partial charge in [0.2, 0.25) is 0 Å². The number of aromatic nitrogens is 5. The fourth-order valence-corrected chi connectivity index (χ4v) is 2.80. The van der Waals surface area contributed by atoms with E-state index in [0.717, 1.165) is 49.1 Å². The summed E-state index contributed by atoms with van der Waals surface area (Å²) in [7, 11) is 1.74. The van der Waals surface area contributed by atoms with Gasteiger partial charge in [-0.05, 0) is 30.3 Å². The van der Waals surface area contributed by atoms with Crippen molar-refractivity contribution in [2.45, 2.75) is 26.3 Å². The molecule has 0 saturated heterocycles. The molecule has 0 spiro atoms. The molecule has 0 aliphatic carbocycles. The highest BCUT2D eigenvalue weighted by atomic mass is 127. The molecule has 2 aromatic heterocycles. The van der Waals surface area contributed by atoms with E-state index in [4.69, 9.17) is 0 Å². The zero-order valence-electron chi connectivity index (χ0n) is 16.5. The maximum Gasteiger partial charge on any atom is 0.191 e. The number of guanidine groups is 1. The summed E-state index contributed by atoms with van der Waals surface area (Å²) in [5.41, 5.74) is 1.78. The van der Waals surface area contributed by atoms with Crippen LogP contribution in [0.25, 0.3) is 5.69 Å². The Labute approximate surface area is 186 Å². The van der Waals surface area contributed by atoms with Crippen molar-refractivity contribution in [1.82, 2.24) is 35.2 Å². The summed E-state index contributed by atoms with van der Waals surface area (Å²) in [6, 6.07) is 8.22. The number of hydrogen-bond acceptors (Lipinski definition) is 4. The van der Waals surface area contributed by atoms with Crippen molar-refractivity contribution in [2.75, 3.05) is 20.1 Å². The van der Waals surface area contributed by atoms with Gasteiger partial charge in [-0.3, -0.25) is 4.99 Å². The van der Waals surface area contributed by atoms with E-state index in [1.165, 1.54) is 12.1 Å². The third kappa shape index (κ3) is 6.51. The van der Waals surface area contributed by atoms with E-state index in [1.54, 1.807) is 30.2 Å². The quantitative estimate of drug-likeness (QED) is 0.275. The Morgan fingerprint density at radius 3 is 2.62 bits per heavy atom. The van der Waals surface area contributed by atoms with E-state index in [9.17, 15) is 4.39 Å². The highest BCUT2D eigenvalue weighted by Crippen LogP contribution is 2.09. The highest BCUT2D eigenvalue weighted by Gasteiger charge is 2.04. The van der Waals surface area contributed by atoms with E-state index in [2.05, 4.69) is 37.8 Å². The second-order valence-corrected chi connectivity index (χ2v) is 6.20. The SMILES string of the molecule is CCc1nncn1CCNC(=NC)NCCc1ccn(-c2ccc(F)cc2)n1.I. The predicted molar refractivity (Wildman–Crippen MR) is 121 cm³/mol. The molecule has 0 saturated carbocycles. The molecular formula is C19H26FIN8. The summed E-state index contributed by atoms with van der Waals surface area (Å²) in [6.45, 7) is 4.27. The van der Waals surface area contributed by atoms with Crippen LogP contribution in [0.3, 0.4) is 0 Å². The number of benzene rings is 1. The van der Waals surface area contributed by atoms with Crippen LogP contribution in [-0.2, 0) is 19.4 Å². The Balaban J connectivity index is 0.00000300. The number of nitrogens with one attached hydrogen (secondary N) is 2. The van der Waals surface area contributed by atoms with Crippen molar-refractivity contribution in [3.8, 4) is 5.69 Å². The summed E-state index contributed by atoms with van der Waals surface area (Å²) in [5.74, 6) is 1.46. The third-order valence-corrected chi connectivity index (χ3v) is 4.29. The molecule has 0 atom stereocenters. The summed E-state index contributed by atoms with van der Waals surface area (Å²) in [6.07, 6.45) is 5.23. The van der Waals surface area contributed by atoms with Crippen LogP contribution in [0.4, 0.5) is 4.39 Å². The summed E-state index contributed by atoms with van der Waals surface area (Å²) < 4.78 is 16.8. The highest BCUT2D eigenvalue weighted by molar-refractivity contribution is 14.0. The van der Waals surface area contributed by atoms with Crippen LogP contribution in [0.5, 0.6) is 0 Å². The molecular weight excluding hydrogens is 486 g/mol. The molecule has 1 aromatic carbocycles. The maximum atomic E-state index is 13.0. The van der Waals surface area contributed by atoms with Crippen LogP contribution >= 0.6 is 24.0 Å². The number of hydrogen-bond donors (Lipinski definition) is 2. The van der Waals surface area contributed by atoms with E-state index in [1.807, 2.05) is 16.8 Å². The smallest absolute Gasteiger partial charge is 0.191 e. The molecule has 10 heteroatoms. The van der Waals surface area contributed by atoms with Gasteiger partial charge in [-0.15, -0.1) is 34.2 Å². The Hall–Kier alpha value is -2.50. The molecule has 0 unspecified atom stereocenters. The monoisotopic (exact) mass is 512 g/mol. The molecule has 0 aliphatic heterocycles. The van der Waals surface area contributed by atoms with Crippen molar-refractivity contribution >= 4 is 29.9 Å². The standard InChI is InChI=1S/C19H25FN8.HI/c1-3-18-25-24-14-27(18)13-11-23-19(21-2)22-10-8-16-9-12-28(26-16)17-6-4-15(20)5-7-17;/h4-7,9,12,14H,3,8,10-11,13H2,1-2H3,(H2,21,22,23);1H. The molecule has 29 heavy (non-hydrogen) atoms. The van der Waals surface area contributed by atoms with Crippen LogP contribution < -0.4 is 10.6 Å². The number of halogens is 2. The number of nitrogens with zero attached hydrogens (tertiary/aromatic N) is 6. The van der Waals surface area contributed by atoms with E-state index in [-0.39, 0.29) is 29.8 Å². The topological polar surface area (TPSA) is 85.0 Å². The van der Waals surface area contributed by atoms with Gasteiger partial charge >= 0.3 is 0 Å². The zero-order chi connectivity index (χ0) is 19.8. The van der Waals surface area contributed by atoms with Gasteiger partial charge in [0.15, 0.2) is 5.96 Å². The van der Waals surface area contributed by atoms with E-state index >= 15 is 0 Å². The summed E-state index contributed by atoms with van der Waals surface area (Å²) in [5, 5.41) is 19.1. The van der Waals surface area contributed by atoms with Crippen molar-refractivity contribution < 1.29 is 4.39 Å². The van der Waals surface area contributed by atoms with Gasteiger partial charge in [0.05, 0.1) is 11.4 Å². The van der Waals surface area contributed by atoms with Crippen molar-refractivity contribution in [2.24, 2.45) is 4.99 Å². The predicted octanol–water partition coefficient (Wildman–Crippen LogP) is 2.19. The van der Waals surface area contributed by atoms with Crippen LogP contribution in [0.15, 0.2) is 47.8 Å². The lowest BCUT2D eigenvalue weighted by atomic mass is 10.3. The van der Waals surface area contributed by atoms with Crippen LogP contribution in [0, 0.1) is 5.82 Å². The minimum atomic E-state index is -0.255. The summed E-state index contributed by atoms with van der Waals surface area (Å²) in [4.78, 5) is 4.23. The molecule has 156 valence electrons. The first-order valence-electron chi connectivity index (χ1n) is 9.31. The Morgan fingerprint density at radius 2 is 1.90 bits per heavy atom. The minimum Gasteiger partial charge on any atom is -0.356 e. The molecule has 0 aliphatic rings. The second kappa shape index (κ2) is 11.5. The van der Waals surface area contributed by atoms with Crippen LogP contribution in [-0.4, -0.2) is 50.6 Å². The first kappa shape index (κ1) is 22.8. The van der Waals surface area contributed by atoms with E-state index in [0.29, 0.717) is 6.54 Å². The second-order valence-electron chi connectivity index (χ2n) is 6.20. The zero-order valence-corrected chi connectivity index (χ0v) is 18.9. The fraction of sp³-hybridized carbons (Fsp3) is 0.368. The lowest BCUT2D eigenvalue weighted by Gasteiger charge is -2.12. The van der Waals surface area contributed by atoms with Crippen LogP contribution in [0.1, 0.15) is 18.4 Å². The lowest BCUT2D eigenvalue weighted by Crippen LogP contribution is -2.39. The number of aryl methyl sites for hydroxylation is 1. The molecule has 0 bridgehead atoms. The molecule has 8 nitrogen and oxygen atoms in total. The average molecular weight is 512 g/mol. The van der Waals surface area contributed by atoms with Gasteiger partial charge in [0, 0.05) is 45.7 Å². The van der Waals surface area contributed by atoms with Gasteiger partial charge < -0.3 is 15.2 Å². The van der Waals surface area contributed by atoms with Crippen molar-refractivity contribution in [3.05, 3.63) is 60.2 Å². The minimum absolute atomic E-state index is 0. The maximum absolute atomic E-state index is 13.0. The largest absolute Gasteiger partial charge is 0.356 e. The Kier molecular flexibility index (Phi) is 9.03. The molecule has 0 amide bonds. The van der Waals surface area contributed by atoms with Crippen LogP contribution in [0.2, 0.25) is 0 Å². The normalized spacial score (nSPS) is 11.2. The molecule has 2 N–H and O–H groups in total. The molecule has 3 aromatic rings. The van der Waals surface area contributed by atoms with E-state index < -0.39 is 0 Å². The van der Waals surface area contributed by atoms with Gasteiger partial charge in [-0.1, -0.05) is 6.92 Å². The van der Waals surface area contributed by atoms with Gasteiger partial charge in [-0.2, -0.15) is 5.10 Å². The molecule has 3 rings (SSSR count). The average Bonchev–Trinajstić information content (AvgIpc) is 3.36. The van der Waals surface area contributed by atoms with Gasteiger partial charge in [0.25, 0.3) is 0 Å². The number of aliphatic imine (C=N–C) groups is 1.